The zero-order valence-corrected chi connectivity index (χ0v) is 8.46. The minimum Gasteiger partial charge on any atom is -0.384 e. The molecule has 1 aliphatic carbocycles. The summed E-state index contributed by atoms with van der Waals surface area (Å²) in [6.45, 7) is 4.18. The summed E-state index contributed by atoms with van der Waals surface area (Å²) in [6.07, 6.45) is 3.90. The fourth-order valence-electron chi connectivity index (χ4n) is 2.43. The van der Waals surface area contributed by atoms with E-state index in [0.717, 1.165) is 19.1 Å². The summed E-state index contributed by atoms with van der Waals surface area (Å²) in [4.78, 5) is 2.58. The molecule has 3 heteroatoms. The van der Waals surface area contributed by atoms with E-state index in [0.29, 0.717) is 5.54 Å². The van der Waals surface area contributed by atoms with E-state index in [1.807, 2.05) is 0 Å². The normalized spacial score (nSPS) is 32.3. The Bertz CT molecular complexity index is 180. The highest BCUT2D eigenvalue weighted by Gasteiger charge is 2.48. The SMILES string of the molecule is COCC1CCN(C2(CN)CC2)C1. The van der Waals surface area contributed by atoms with Gasteiger partial charge in [0.25, 0.3) is 0 Å². The van der Waals surface area contributed by atoms with Gasteiger partial charge in [0.1, 0.15) is 0 Å². The highest BCUT2D eigenvalue weighted by atomic mass is 16.5. The third-order valence-corrected chi connectivity index (χ3v) is 3.57. The molecule has 2 fully saturated rings. The molecule has 1 atom stereocenters. The molecule has 0 aromatic rings. The Hall–Kier alpha value is -0.120. The summed E-state index contributed by atoms with van der Waals surface area (Å²) < 4.78 is 5.18. The molecule has 1 unspecified atom stereocenters. The molecule has 0 bridgehead atoms. The third-order valence-electron chi connectivity index (χ3n) is 3.57. The molecule has 2 N–H and O–H groups in total. The maximum atomic E-state index is 5.80. The molecular formula is C10H20N2O. The lowest BCUT2D eigenvalue weighted by molar-refractivity contribution is 0.144. The second kappa shape index (κ2) is 3.56. The van der Waals surface area contributed by atoms with Crippen molar-refractivity contribution in [2.45, 2.75) is 24.8 Å². The van der Waals surface area contributed by atoms with Gasteiger partial charge in [-0.2, -0.15) is 0 Å². The molecule has 0 amide bonds. The Kier molecular flexibility index (Phi) is 2.58. The van der Waals surface area contributed by atoms with Gasteiger partial charge in [-0.1, -0.05) is 0 Å². The molecule has 1 saturated heterocycles. The lowest BCUT2D eigenvalue weighted by atomic mass is 10.1. The van der Waals surface area contributed by atoms with Crippen LogP contribution in [0, 0.1) is 5.92 Å². The molecule has 0 aromatic carbocycles. The average Bonchev–Trinajstić information content (AvgIpc) is 2.82. The van der Waals surface area contributed by atoms with Crippen LogP contribution in [0.15, 0.2) is 0 Å². The summed E-state index contributed by atoms with van der Waals surface area (Å²) in [7, 11) is 1.79. The Morgan fingerprint density at radius 1 is 1.54 bits per heavy atom. The van der Waals surface area contributed by atoms with Gasteiger partial charge < -0.3 is 10.5 Å². The molecular weight excluding hydrogens is 164 g/mol. The molecule has 76 valence electrons. The maximum Gasteiger partial charge on any atom is 0.0503 e. The number of hydrogen-bond acceptors (Lipinski definition) is 3. The number of hydrogen-bond donors (Lipinski definition) is 1. The van der Waals surface area contributed by atoms with Crippen LogP contribution in [0.2, 0.25) is 0 Å². The predicted octanol–water partition coefficient (Wildman–Crippen LogP) is 0.446. The van der Waals surface area contributed by atoms with Crippen LogP contribution in [0.4, 0.5) is 0 Å². The Morgan fingerprint density at radius 2 is 2.31 bits per heavy atom. The van der Waals surface area contributed by atoms with Gasteiger partial charge in [0, 0.05) is 25.7 Å². The van der Waals surface area contributed by atoms with E-state index in [9.17, 15) is 0 Å². The molecule has 1 aliphatic heterocycles. The largest absolute Gasteiger partial charge is 0.384 e. The van der Waals surface area contributed by atoms with E-state index < -0.39 is 0 Å². The molecule has 1 saturated carbocycles. The highest BCUT2D eigenvalue weighted by Crippen LogP contribution is 2.43. The number of methoxy groups -OCH3 is 1. The van der Waals surface area contributed by atoms with Crippen LogP contribution < -0.4 is 5.73 Å². The second-order valence-corrected chi connectivity index (χ2v) is 4.48. The van der Waals surface area contributed by atoms with Gasteiger partial charge >= 0.3 is 0 Å². The first-order valence-corrected chi connectivity index (χ1v) is 5.25. The molecule has 0 spiro atoms. The van der Waals surface area contributed by atoms with E-state index in [-0.39, 0.29) is 0 Å². The van der Waals surface area contributed by atoms with Crippen LogP contribution in [0.1, 0.15) is 19.3 Å². The number of nitrogens with zero attached hydrogens (tertiary/aromatic N) is 1. The Balaban J connectivity index is 1.84. The molecule has 0 radical (unpaired) electrons. The molecule has 3 nitrogen and oxygen atoms in total. The minimum atomic E-state index is 0.405. The van der Waals surface area contributed by atoms with Crippen LogP contribution in [-0.2, 0) is 4.74 Å². The van der Waals surface area contributed by atoms with Gasteiger partial charge in [-0.3, -0.25) is 4.90 Å². The van der Waals surface area contributed by atoms with E-state index in [1.54, 1.807) is 7.11 Å². The van der Waals surface area contributed by atoms with E-state index >= 15 is 0 Å². The molecule has 1 heterocycles. The van der Waals surface area contributed by atoms with Crippen molar-refractivity contribution in [3.8, 4) is 0 Å². The second-order valence-electron chi connectivity index (χ2n) is 4.48. The minimum absolute atomic E-state index is 0.405. The lowest BCUT2D eigenvalue weighted by Gasteiger charge is -2.26. The first-order chi connectivity index (χ1) is 6.30. The van der Waals surface area contributed by atoms with Crippen molar-refractivity contribution < 1.29 is 4.74 Å². The topological polar surface area (TPSA) is 38.5 Å². The number of likely N-dealkylation sites (tertiary alicyclic amines) is 1. The first kappa shape index (κ1) is 9.44. The third kappa shape index (κ3) is 1.73. The standard InChI is InChI=1S/C10H20N2O/c1-13-7-9-2-5-12(6-9)10(8-11)3-4-10/h9H,2-8,11H2,1H3. The monoisotopic (exact) mass is 184 g/mol. The quantitative estimate of drug-likeness (QED) is 0.689. The predicted molar refractivity (Wildman–Crippen MR) is 52.6 cm³/mol. The van der Waals surface area contributed by atoms with Crippen molar-refractivity contribution >= 4 is 0 Å². The van der Waals surface area contributed by atoms with Crippen molar-refractivity contribution in [2.24, 2.45) is 11.7 Å². The van der Waals surface area contributed by atoms with Gasteiger partial charge in [-0.05, 0) is 31.7 Å². The smallest absolute Gasteiger partial charge is 0.0503 e. The average molecular weight is 184 g/mol. The van der Waals surface area contributed by atoms with Gasteiger partial charge in [0.15, 0.2) is 0 Å². The molecule has 0 aromatic heterocycles. The molecule has 13 heavy (non-hydrogen) atoms. The fourth-order valence-corrected chi connectivity index (χ4v) is 2.43. The zero-order valence-electron chi connectivity index (χ0n) is 8.46. The number of ether oxygens (including phenoxy) is 1. The van der Waals surface area contributed by atoms with Gasteiger partial charge in [-0.15, -0.1) is 0 Å². The Morgan fingerprint density at radius 3 is 2.85 bits per heavy atom. The lowest BCUT2D eigenvalue weighted by Crippen LogP contribution is -2.41. The van der Waals surface area contributed by atoms with Crippen LogP contribution in [0.25, 0.3) is 0 Å². The van der Waals surface area contributed by atoms with Crippen LogP contribution in [0.5, 0.6) is 0 Å². The van der Waals surface area contributed by atoms with Crippen molar-refractivity contribution in [1.82, 2.24) is 4.90 Å². The van der Waals surface area contributed by atoms with Crippen LogP contribution in [0.3, 0.4) is 0 Å². The maximum absolute atomic E-state index is 5.80. The zero-order chi connectivity index (χ0) is 9.31. The van der Waals surface area contributed by atoms with E-state index in [2.05, 4.69) is 4.90 Å². The van der Waals surface area contributed by atoms with Crippen molar-refractivity contribution in [3.63, 3.8) is 0 Å². The molecule has 2 rings (SSSR count). The summed E-state index contributed by atoms with van der Waals surface area (Å²) in [5.41, 5.74) is 6.20. The van der Waals surface area contributed by atoms with Crippen molar-refractivity contribution in [1.29, 1.82) is 0 Å². The van der Waals surface area contributed by atoms with Crippen molar-refractivity contribution in [3.05, 3.63) is 0 Å². The van der Waals surface area contributed by atoms with E-state index in [4.69, 9.17) is 10.5 Å². The van der Waals surface area contributed by atoms with Crippen LogP contribution in [-0.4, -0.2) is 43.8 Å². The van der Waals surface area contributed by atoms with Gasteiger partial charge in [-0.25, -0.2) is 0 Å². The van der Waals surface area contributed by atoms with Crippen LogP contribution >= 0.6 is 0 Å². The Labute approximate surface area is 80.2 Å². The highest BCUT2D eigenvalue weighted by molar-refractivity contribution is 5.06. The summed E-state index contributed by atoms with van der Waals surface area (Å²) in [5, 5.41) is 0. The van der Waals surface area contributed by atoms with E-state index in [1.165, 1.54) is 32.4 Å². The van der Waals surface area contributed by atoms with Gasteiger partial charge in [0.05, 0.1) is 6.61 Å². The summed E-state index contributed by atoms with van der Waals surface area (Å²) >= 11 is 0. The first-order valence-electron chi connectivity index (χ1n) is 5.25. The summed E-state index contributed by atoms with van der Waals surface area (Å²) in [6, 6.07) is 0. The number of nitrogens with two attached hydrogens (primary N) is 1. The van der Waals surface area contributed by atoms with Gasteiger partial charge in [0.2, 0.25) is 0 Å². The molecule has 2 aliphatic rings. The fraction of sp³-hybridized carbons (Fsp3) is 1.00. The van der Waals surface area contributed by atoms with Crippen molar-refractivity contribution in [2.75, 3.05) is 33.4 Å². The number of rotatable bonds is 4. The summed E-state index contributed by atoms with van der Waals surface area (Å²) in [5.74, 6) is 0.744.